The number of hydrogen-bond acceptors (Lipinski definition) is 4. The average molecular weight is 383 g/mol. The van der Waals surface area contributed by atoms with Gasteiger partial charge in [-0.15, -0.1) is 0 Å². The third kappa shape index (κ3) is 4.91. The number of carbonyl (C=O) groups is 1. The topological polar surface area (TPSA) is 67.8 Å². The van der Waals surface area contributed by atoms with Crippen LogP contribution in [0, 0.1) is 5.41 Å². The van der Waals surface area contributed by atoms with Gasteiger partial charge in [0.2, 0.25) is 5.91 Å². The monoisotopic (exact) mass is 383 g/mol. The summed E-state index contributed by atoms with van der Waals surface area (Å²) in [6, 6.07) is 16.3. The van der Waals surface area contributed by atoms with Crippen molar-refractivity contribution in [2.45, 2.75) is 32.3 Å². The van der Waals surface area contributed by atoms with Gasteiger partial charge < -0.3 is 19.9 Å². The standard InChI is InChI=1S/C23H29NO4/c1-17(25)16-24-22(26)23(10-12-28-13-11-23)15-18-4-3-5-20(14-18)19-6-8-21(27-2)9-7-19/h3-9,14,17,25H,10-13,15-16H2,1-2H3,(H,24,26). The number of hydrogen-bond donors (Lipinski definition) is 2. The van der Waals surface area contributed by atoms with Gasteiger partial charge in [0.1, 0.15) is 5.75 Å². The predicted octanol–water partition coefficient (Wildman–Crippen LogP) is 3.20. The second-order valence-electron chi connectivity index (χ2n) is 7.56. The van der Waals surface area contributed by atoms with E-state index >= 15 is 0 Å². The van der Waals surface area contributed by atoms with Crippen molar-refractivity contribution < 1.29 is 19.4 Å². The normalized spacial score (nSPS) is 17.0. The molecule has 28 heavy (non-hydrogen) atoms. The fourth-order valence-electron chi connectivity index (χ4n) is 3.71. The average Bonchev–Trinajstić information content (AvgIpc) is 2.73. The molecular formula is C23H29NO4. The highest BCUT2D eigenvalue weighted by molar-refractivity contribution is 5.83. The van der Waals surface area contributed by atoms with Crippen molar-refractivity contribution in [3.05, 3.63) is 54.1 Å². The van der Waals surface area contributed by atoms with E-state index in [-0.39, 0.29) is 12.5 Å². The third-order valence-corrected chi connectivity index (χ3v) is 5.38. The van der Waals surface area contributed by atoms with Gasteiger partial charge in [0, 0.05) is 19.8 Å². The highest BCUT2D eigenvalue weighted by Gasteiger charge is 2.40. The van der Waals surface area contributed by atoms with E-state index in [4.69, 9.17) is 9.47 Å². The molecule has 3 rings (SSSR count). The van der Waals surface area contributed by atoms with Crippen molar-refractivity contribution >= 4 is 5.91 Å². The molecule has 0 spiro atoms. The number of aliphatic hydroxyl groups excluding tert-OH is 1. The van der Waals surface area contributed by atoms with E-state index in [1.807, 2.05) is 30.3 Å². The van der Waals surface area contributed by atoms with Gasteiger partial charge >= 0.3 is 0 Å². The van der Waals surface area contributed by atoms with E-state index in [0.717, 1.165) is 22.4 Å². The Morgan fingerprint density at radius 2 is 1.89 bits per heavy atom. The maximum absolute atomic E-state index is 13.0. The highest BCUT2D eigenvalue weighted by Crippen LogP contribution is 2.36. The summed E-state index contributed by atoms with van der Waals surface area (Å²) in [6.45, 7) is 3.11. The molecular weight excluding hydrogens is 354 g/mol. The first-order chi connectivity index (χ1) is 13.5. The van der Waals surface area contributed by atoms with Crippen LogP contribution in [0.1, 0.15) is 25.3 Å². The molecule has 0 bridgehead atoms. The molecule has 0 aliphatic carbocycles. The maximum atomic E-state index is 13.0. The molecule has 1 saturated heterocycles. The summed E-state index contributed by atoms with van der Waals surface area (Å²) in [7, 11) is 1.66. The van der Waals surface area contributed by atoms with Crippen LogP contribution in [0.4, 0.5) is 0 Å². The summed E-state index contributed by atoms with van der Waals surface area (Å²) in [4.78, 5) is 13.0. The number of nitrogens with one attached hydrogen (secondary N) is 1. The summed E-state index contributed by atoms with van der Waals surface area (Å²) in [6.07, 6.45) is 1.47. The lowest BCUT2D eigenvalue weighted by atomic mass is 9.74. The van der Waals surface area contributed by atoms with Crippen molar-refractivity contribution in [2.75, 3.05) is 26.9 Å². The molecule has 2 aromatic carbocycles. The molecule has 0 saturated carbocycles. The van der Waals surface area contributed by atoms with Crippen molar-refractivity contribution in [2.24, 2.45) is 5.41 Å². The first-order valence-corrected chi connectivity index (χ1v) is 9.80. The van der Waals surface area contributed by atoms with Crippen LogP contribution >= 0.6 is 0 Å². The van der Waals surface area contributed by atoms with E-state index in [9.17, 15) is 9.90 Å². The van der Waals surface area contributed by atoms with Crippen LogP contribution in [0.25, 0.3) is 11.1 Å². The number of aliphatic hydroxyl groups is 1. The molecule has 1 heterocycles. The van der Waals surface area contributed by atoms with E-state index in [0.29, 0.717) is 32.5 Å². The lowest BCUT2D eigenvalue weighted by Crippen LogP contribution is -2.47. The van der Waals surface area contributed by atoms with E-state index in [1.54, 1.807) is 14.0 Å². The van der Waals surface area contributed by atoms with Gasteiger partial charge in [-0.25, -0.2) is 0 Å². The Morgan fingerprint density at radius 3 is 2.54 bits per heavy atom. The fourth-order valence-corrected chi connectivity index (χ4v) is 3.71. The zero-order valence-corrected chi connectivity index (χ0v) is 16.6. The number of benzene rings is 2. The molecule has 1 atom stereocenters. The van der Waals surface area contributed by atoms with Crippen LogP contribution in [-0.4, -0.2) is 44.0 Å². The van der Waals surface area contributed by atoms with Gasteiger partial charge in [0.05, 0.1) is 18.6 Å². The number of carbonyl (C=O) groups excluding carboxylic acids is 1. The minimum absolute atomic E-state index is 0.00607. The van der Waals surface area contributed by atoms with Crippen LogP contribution < -0.4 is 10.1 Å². The second kappa shape index (κ2) is 9.22. The molecule has 0 aromatic heterocycles. The minimum atomic E-state index is -0.556. The maximum Gasteiger partial charge on any atom is 0.226 e. The first-order valence-electron chi connectivity index (χ1n) is 9.80. The summed E-state index contributed by atoms with van der Waals surface area (Å²) in [5, 5.41) is 12.4. The van der Waals surface area contributed by atoms with Gasteiger partial charge in [-0.3, -0.25) is 4.79 Å². The largest absolute Gasteiger partial charge is 0.497 e. The van der Waals surface area contributed by atoms with Crippen molar-refractivity contribution in [1.82, 2.24) is 5.32 Å². The molecule has 2 aromatic rings. The molecule has 1 fully saturated rings. The Kier molecular flexibility index (Phi) is 6.70. The summed E-state index contributed by atoms with van der Waals surface area (Å²) < 4.78 is 10.7. The van der Waals surface area contributed by atoms with Crippen LogP contribution in [0.15, 0.2) is 48.5 Å². The lowest BCUT2D eigenvalue weighted by molar-refractivity contribution is -0.137. The molecule has 1 aliphatic rings. The molecule has 1 amide bonds. The van der Waals surface area contributed by atoms with Gasteiger partial charge in [-0.05, 0) is 55.0 Å². The molecule has 1 aliphatic heterocycles. The highest BCUT2D eigenvalue weighted by atomic mass is 16.5. The van der Waals surface area contributed by atoms with Crippen molar-refractivity contribution in [1.29, 1.82) is 0 Å². The Morgan fingerprint density at radius 1 is 1.18 bits per heavy atom. The number of ether oxygens (including phenoxy) is 2. The SMILES string of the molecule is COc1ccc(-c2cccc(CC3(C(=O)NCC(C)O)CCOCC3)c2)cc1. The molecule has 1 unspecified atom stereocenters. The second-order valence-corrected chi connectivity index (χ2v) is 7.56. The number of rotatable bonds is 7. The third-order valence-electron chi connectivity index (χ3n) is 5.38. The summed E-state index contributed by atoms with van der Waals surface area (Å²) >= 11 is 0. The van der Waals surface area contributed by atoms with Crippen molar-refractivity contribution in [3.8, 4) is 16.9 Å². The zero-order chi connectivity index (χ0) is 20.0. The Hall–Kier alpha value is -2.37. The lowest BCUT2D eigenvalue weighted by Gasteiger charge is -2.36. The number of amides is 1. The van der Waals surface area contributed by atoms with E-state index < -0.39 is 11.5 Å². The van der Waals surface area contributed by atoms with Gasteiger partial charge in [0.25, 0.3) is 0 Å². The fraction of sp³-hybridized carbons (Fsp3) is 0.435. The molecule has 5 nitrogen and oxygen atoms in total. The molecule has 5 heteroatoms. The minimum Gasteiger partial charge on any atom is -0.497 e. The van der Waals surface area contributed by atoms with Crippen molar-refractivity contribution in [3.63, 3.8) is 0 Å². The number of methoxy groups -OCH3 is 1. The quantitative estimate of drug-likeness (QED) is 0.771. The molecule has 2 N–H and O–H groups in total. The smallest absolute Gasteiger partial charge is 0.226 e. The first kappa shape index (κ1) is 20.4. The Balaban J connectivity index is 1.81. The summed E-state index contributed by atoms with van der Waals surface area (Å²) in [5.41, 5.74) is 2.86. The van der Waals surface area contributed by atoms with E-state index in [2.05, 4.69) is 23.5 Å². The van der Waals surface area contributed by atoms with Crippen LogP contribution in [0.3, 0.4) is 0 Å². The van der Waals surface area contributed by atoms with Crippen LogP contribution in [0.5, 0.6) is 5.75 Å². The Bertz CT molecular complexity index is 779. The van der Waals surface area contributed by atoms with Crippen LogP contribution in [0.2, 0.25) is 0 Å². The molecule has 150 valence electrons. The van der Waals surface area contributed by atoms with Crippen LogP contribution in [-0.2, 0) is 16.0 Å². The Labute approximate surface area is 166 Å². The predicted molar refractivity (Wildman–Crippen MR) is 109 cm³/mol. The molecule has 0 radical (unpaired) electrons. The van der Waals surface area contributed by atoms with E-state index in [1.165, 1.54) is 0 Å². The van der Waals surface area contributed by atoms with Gasteiger partial charge in [-0.1, -0.05) is 36.4 Å². The summed E-state index contributed by atoms with van der Waals surface area (Å²) in [5.74, 6) is 0.836. The zero-order valence-electron chi connectivity index (χ0n) is 16.6. The van der Waals surface area contributed by atoms with Gasteiger partial charge in [-0.2, -0.15) is 0 Å². The van der Waals surface area contributed by atoms with Gasteiger partial charge in [0.15, 0.2) is 0 Å².